The Bertz CT molecular complexity index is 482. The minimum Gasteiger partial charge on any atom is -0.342 e. The lowest BCUT2D eigenvalue weighted by molar-refractivity contribution is -0.146. The zero-order chi connectivity index (χ0) is 15.9. The molecule has 2 saturated heterocycles. The molecule has 0 radical (unpaired) electrons. The lowest BCUT2D eigenvalue weighted by Crippen LogP contribution is -2.51. The molecule has 1 atom stereocenters. The van der Waals surface area contributed by atoms with Crippen molar-refractivity contribution in [1.29, 1.82) is 0 Å². The van der Waals surface area contributed by atoms with Crippen LogP contribution in [0.2, 0.25) is 0 Å². The summed E-state index contributed by atoms with van der Waals surface area (Å²) in [5, 5.41) is 0. The molecule has 128 valence electrons. The first-order valence-electron chi connectivity index (χ1n) is 9.73. The summed E-state index contributed by atoms with van der Waals surface area (Å²) < 4.78 is 0. The van der Waals surface area contributed by atoms with Gasteiger partial charge in [-0.25, -0.2) is 0 Å². The molecule has 4 rings (SSSR count). The largest absolute Gasteiger partial charge is 0.342 e. The second-order valence-electron chi connectivity index (χ2n) is 8.50. The van der Waals surface area contributed by atoms with Crippen LogP contribution in [0.15, 0.2) is 0 Å². The number of carbonyl (C=O) groups is 2. The minimum absolute atomic E-state index is 0.238. The van der Waals surface area contributed by atoms with Crippen molar-refractivity contribution in [2.45, 2.75) is 64.2 Å². The van der Waals surface area contributed by atoms with Crippen molar-refractivity contribution in [3.8, 4) is 0 Å². The average molecular weight is 318 g/mol. The van der Waals surface area contributed by atoms with E-state index >= 15 is 0 Å². The van der Waals surface area contributed by atoms with E-state index in [4.69, 9.17) is 0 Å². The lowest BCUT2D eigenvalue weighted by atomic mass is 9.78. The van der Waals surface area contributed by atoms with Crippen LogP contribution in [0.25, 0.3) is 0 Å². The van der Waals surface area contributed by atoms with Crippen molar-refractivity contribution in [3.05, 3.63) is 0 Å². The van der Waals surface area contributed by atoms with E-state index in [-0.39, 0.29) is 5.41 Å². The summed E-state index contributed by atoms with van der Waals surface area (Å²) in [5.74, 6) is 2.02. The Morgan fingerprint density at radius 2 is 1.78 bits per heavy atom. The highest BCUT2D eigenvalue weighted by molar-refractivity contribution is 5.86. The van der Waals surface area contributed by atoms with Crippen LogP contribution in [-0.4, -0.2) is 47.8 Å². The van der Waals surface area contributed by atoms with E-state index in [9.17, 15) is 9.59 Å². The lowest BCUT2D eigenvalue weighted by Gasteiger charge is -2.39. The highest BCUT2D eigenvalue weighted by Crippen LogP contribution is 2.42. The van der Waals surface area contributed by atoms with Gasteiger partial charge >= 0.3 is 0 Å². The molecule has 2 heterocycles. The zero-order valence-electron chi connectivity index (χ0n) is 14.3. The predicted octanol–water partition coefficient (Wildman–Crippen LogP) is 2.82. The summed E-state index contributed by atoms with van der Waals surface area (Å²) in [5.41, 5.74) is -0.238. The van der Waals surface area contributed by atoms with Crippen LogP contribution in [0, 0.1) is 17.3 Å². The molecule has 0 N–H and O–H groups in total. The first-order chi connectivity index (χ1) is 11.2. The summed E-state index contributed by atoms with van der Waals surface area (Å²) in [6.45, 7) is 3.40. The molecular weight excluding hydrogens is 288 g/mol. The van der Waals surface area contributed by atoms with Gasteiger partial charge in [0.15, 0.2) is 0 Å². The molecular formula is C19H30N2O2. The van der Waals surface area contributed by atoms with Gasteiger partial charge in [-0.05, 0) is 56.8 Å². The second kappa shape index (κ2) is 6.10. The molecule has 4 aliphatic rings. The Labute approximate surface area is 139 Å². The first-order valence-corrected chi connectivity index (χ1v) is 9.73. The number of rotatable bonds is 4. The number of piperidine rings is 1. The van der Waals surface area contributed by atoms with E-state index < -0.39 is 0 Å². The zero-order valence-corrected chi connectivity index (χ0v) is 14.3. The molecule has 1 spiro atoms. The van der Waals surface area contributed by atoms with Crippen LogP contribution in [0.4, 0.5) is 0 Å². The third kappa shape index (κ3) is 3.14. The van der Waals surface area contributed by atoms with Crippen molar-refractivity contribution in [2.75, 3.05) is 26.2 Å². The molecule has 0 aromatic heterocycles. The third-order valence-corrected chi connectivity index (χ3v) is 6.64. The Morgan fingerprint density at radius 3 is 2.52 bits per heavy atom. The maximum Gasteiger partial charge on any atom is 0.230 e. The molecule has 2 aliphatic carbocycles. The molecule has 0 unspecified atom stereocenters. The third-order valence-electron chi connectivity index (χ3n) is 6.64. The van der Waals surface area contributed by atoms with E-state index in [0.717, 1.165) is 51.2 Å². The summed E-state index contributed by atoms with van der Waals surface area (Å²) in [7, 11) is 0. The Hall–Kier alpha value is -1.06. The van der Waals surface area contributed by atoms with Gasteiger partial charge in [0.05, 0.1) is 5.41 Å². The van der Waals surface area contributed by atoms with Crippen LogP contribution in [-0.2, 0) is 9.59 Å². The van der Waals surface area contributed by atoms with Crippen LogP contribution < -0.4 is 0 Å². The van der Waals surface area contributed by atoms with Crippen LogP contribution >= 0.6 is 0 Å². The maximum absolute atomic E-state index is 13.0. The Balaban J connectivity index is 1.37. The van der Waals surface area contributed by atoms with Crippen LogP contribution in [0.1, 0.15) is 64.2 Å². The van der Waals surface area contributed by atoms with Crippen molar-refractivity contribution in [1.82, 2.24) is 9.80 Å². The molecule has 0 bridgehead atoms. The van der Waals surface area contributed by atoms with Gasteiger partial charge < -0.3 is 9.80 Å². The van der Waals surface area contributed by atoms with Gasteiger partial charge in [-0.15, -0.1) is 0 Å². The summed E-state index contributed by atoms with van der Waals surface area (Å²) in [6.07, 6.45) is 11.3. The highest BCUT2D eigenvalue weighted by atomic mass is 16.2. The molecule has 0 aromatic carbocycles. The molecule has 4 nitrogen and oxygen atoms in total. The van der Waals surface area contributed by atoms with Gasteiger partial charge in [0.25, 0.3) is 0 Å². The fourth-order valence-electron chi connectivity index (χ4n) is 4.99. The number of carbonyl (C=O) groups excluding carboxylic acids is 2. The van der Waals surface area contributed by atoms with Crippen molar-refractivity contribution >= 4 is 11.8 Å². The molecule has 2 aliphatic heterocycles. The average Bonchev–Trinajstić information content (AvgIpc) is 3.03. The van der Waals surface area contributed by atoms with Crippen LogP contribution in [0.3, 0.4) is 0 Å². The number of likely N-dealkylation sites (tertiary alicyclic amines) is 2. The summed E-state index contributed by atoms with van der Waals surface area (Å²) >= 11 is 0. The summed E-state index contributed by atoms with van der Waals surface area (Å²) in [4.78, 5) is 29.7. The Kier molecular flexibility index (Phi) is 4.10. The number of hydrogen-bond donors (Lipinski definition) is 0. The van der Waals surface area contributed by atoms with E-state index in [2.05, 4.69) is 4.90 Å². The van der Waals surface area contributed by atoms with E-state index in [1.165, 1.54) is 38.5 Å². The molecule has 4 fully saturated rings. The Morgan fingerprint density at radius 1 is 1.00 bits per heavy atom. The smallest absolute Gasteiger partial charge is 0.230 e. The van der Waals surface area contributed by atoms with E-state index in [1.807, 2.05) is 4.90 Å². The number of amides is 2. The standard InChI is InChI=1S/C19H30N2O2/c22-17(12-15-4-1-2-5-15)21-11-9-19(14-21)8-3-10-20(18(19)23)13-16-6-7-16/h15-16H,1-14H2/t19-/m1/s1. The fourth-order valence-corrected chi connectivity index (χ4v) is 4.99. The molecule has 2 amide bonds. The van der Waals surface area contributed by atoms with Crippen molar-refractivity contribution in [3.63, 3.8) is 0 Å². The van der Waals surface area contributed by atoms with Gasteiger partial charge in [0.1, 0.15) is 0 Å². The van der Waals surface area contributed by atoms with Gasteiger partial charge in [-0.1, -0.05) is 12.8 Å². The van der Waals surface area contributed by atoms with Crippen molar-refractivity contribution in [2.24, 2.45) is 17.3 Å². The number of nitrogens with zero attached hydrogens (tertiary/aromatic N) is 2. The molecule has 0 aromatic rings. The first kappa shape index (κ1) is 15.5. The number of hydrogen-bond acceptors (Lipinski definition) is 2. The van der Waals surface area contributed by atoms with E-state index in [0.29, 0.717) is 24.3 Å². The van der Waals surface area contributed by atoms with Crippen molar-refractivity contribution < 1.29 is 9.59 Å². The SMILES string of the molecule is O=C(CC1CCCC1)N1CC[C@]2(CCCN(CC3CC3)C2=O)C1. The van der Waals surface area contributed by atoms with Gasteiger partial charge in [-0.3, -0.25) is 9.59 Å². The topological polar surface area (TPSA) is 40.6 Å². The van der Waals surface area contributed by atoms with Gasteiger partial charge in [0, 0.05) is 32.6 Å². The monoisotopic (exact) mass is 318 g/mol. The minimum atomic E-state index is -0.238. The maximum atomic E-state index is 13.0. The normalized spacial score (nSPS) is 32.3. The molecule has 4 heteroatoms. The van der Waals surface area contributed by atoms with Gasteiger partial charge in [-0.2, -0.15) is 0 Å². The highest BCUT2D eigenvalue weighted by Gasteiger charge is 2.49. The van der Waals surface area contributed by atoms with Crippen LogP contribution in [0.5, 0.6) is 0 Å². The molecule has 2 saturated carbocycles. The summed E-state index contributed by atoms with van der Waals surface area (Å²) in [6, 6.07) is 0. The van der Waals surface area contributed by atoms with Gasteiger partial charge in [0.2, 0.25) is 11.8 Å². The van der Waals surface area contributed by atoms with E-state index in [1.54, 1.807) is 0 Å². The fraction of sp³-hybridized carbons (Fsp3) is 0.895. The molecule has 23 heavy (non-hydrogen) atoms. The second-order valence-corrected chi connectivity index (χ2v) is 8.50. The quantitative estimate of drug-likeness (QED) is 0.800. The predicted molar refractivity (Wildman–Crippen MR) is 88.7 cm³/mol.